The van der Waals surface area contributed by atoms with Crippen LogP contribution in [0.3, 0.4) is 0 Å². The fraction of sp³-hybridized carbons (Fsp3) is 0.258. The van der Waals surface area contributed by atoms with Gasteiger partial charge in [-0.15, -0.1) is 0 Å². The Balaban J connectivity index is 1.89. The Kier molecular flexibility index (Phi) is 8.73. The molecule has 0 aromatic heterocycles. The molecular formula is C31H31NO8. The Morgan fingerprint density at radius 1 is 0.900 bits per heavy atom. The van der Waals surface area contributed by atoms with Crippen molar-refractivity contribution in [1.82, 2.24) is 0 Å². The lowest BCUT2D eigenvalue weighted by molar-refractivity contribution is -0.139. The average Bonchev–Trinajstić information content (AvgIpc) is 3.23. The van der Waals surface area contributed by atoms with Crippen LogP contribution in [0.4, 0.5) is 5.69 Å². The second-order valence-corrected chi connectivity index (χ2v) is 8.89. The van der Waals surface area contributed by atoms with Crippen molar-refractivity contribution in [2.24, 2.45) is 0 Å². The Bertz CT molecular complexity index is 1440. The second-order valence-electron chi connectivity index (χ2n) is 8.89. The SMILES string of the molecule is CCOc1ccc(/C(O)=C2/C(=O)C(=O)N(c3ccc(CC(=O)OC)cc3)C2c2cccc(OC)c2)c(OCC)c1. The van der Waals surface area contributed by atoms with Crippen LogP contribution in [0.2, 0.25) is 0 Å². The number of aliphatic hydroxyl groups is 1. The first-order valence-corrected chi connectivity index (χ1v) is 12.8. The van der Waals surface area contributed by atoms with E-state index in [1.807, 2.05) is 6.92 Å². The molecule has 1 fully saturated rings. The fourth-order valence-electron chi connectivity index (χ4n) is 4.61. The van der Waals surface area contributed by atoms with E-state index in [0.717, 1.165) is 0 Å². The Labute approximate surface area is 232 Å². The maximum atomic E-state index is 13.6. The summed E-state index contributed by atoms with van der Waals surface area (Å²) in [6, 6.07) is 17.6. The van der Waals surface area contributed by atoms with Gasteiger partial charge in [0.2, 0.25) is 0 Å². The Morgan fingerprint density at radius 2 is 1.62 bits per heavy atom. The molecule has 1 unspecified atom stereocenters. The van der Waals surface area contributed by atoms with Gasteiger partial charge in [0.15, 0.2) is 0 Å². The van der Waals surface area contributed by atoms with Gasteiger partial charge in [-0.3, -0.25) is 19.3 Å². The number of ketones is 1. The quantitative estimate of drug-likeness (QED) is 0.167. The fourth-order valence-corrected chi connectivity index (χ4v) is 4.61. The summed E-state index contributed by atoms with van der Waals surface area (Å²) in [5.74, 6) is -1.05. The van der Waals surface area contributed by atoms with E-state index < -0.39 is 23.7 Å². The van der Waals surface area contributed by atoms with Crippen LogP contribution in [0.5, 0.6) is 17.2 Å². The van der Waals surface area contributed by atoms with Gasteiger partial charge in [-0.1, -0.05) is 24.3 Å². The van der Waals surface area contributed by atoms with Crippen LogP contribution in [-0.4, -0.2) is 50.2 Å². The van der Waals surface area contributed by atoms with E-state index in [0.29, 0.717) is 47.3 Å². The van der Waals surface area contributed by atoms with Crippen LogP contribution in [0, 0.1) is 0 Å². The van der Waals surface area contributed by atoms with Crippen molar-refractivity contribution >= 4 is 29.1 Å². The standard InChI is InChI=1S/C31H31NO8/c1-5-39-23-14-15-24(25(18-23)40-6-2)29(34)27-28(20-8-7-9-22(17-20)37-3)32(31(36)30(27)35)21-12-10-19(11-13-21)16-26(33)38-4/h7-15,17-18,28,34H,5-6,16H2,1-4H3/b29-27-. The number of hydrogen-bond donors (Lipinski definition) is 1. The summed E-state index contributed by atoms with van der Waals surface area (Å²) in [5, 5.41) is 11.6. The molecular weight excluding hydrogens is 514 g/mol. The van der Waals surface area contributed by atoms with Crippen LogP contribution >= 0.6 is 0 Å². The lowest BCUT2D eigenvalue weighted by Gasteiger charge is -2.26. The van der Waals surface area contributed by atoms with Crippen LogP contribution in [0.1, 0.15) is 36.6 Å². The van der Waals surface area contributed by atoms with E-state index in [9.17, 15) is 19.5 Å². The van der Waals surface area contributed by atoms with Gasteiger partial charge in [-0.25, -0.2) is 0 Å². The maximum Gasteiger partial charge on any atom is 0.309 e. The number of anilines is 1. The minimum absolute atomic E-state index is 0.0624. The largest absolute Gasteiger partial charge is 0.507 e. The van der Waals surface area contributed by atoms with E-state index >= 15 is 0 Å². The second kappa shape index (κ2) is 12.4. The summed E-state index contributed by atoms with van der Waals surface area (Å²) < 4.78 is 21.5. The van der Waals surface area contributed by atoms with E-state index in [1.165, 1.54) is 19.1 Å². The highest BCUT2D eigenvalue weighted by Gasteiger charge is 2.47. The zero-order valence-corrected chi connectivity index (χ0v) is 22.8. The number of carbonyl (C=O) groups excluding carboxylic acids is 3. The van der Waals surface area contributed by atoms with Crippen LogP contribution in [0.25, 0.3) is 5.76 Å². The molecule has 1 saturated heterocycles. The summed E-state index contributed by atoms with van der Waals surface area (Å²) in [7, 11) is 2.83. The molecule has 40 heavy (non-hydrogen) atoms. The van der Waals surface area contributed by atoms with Crippen molar-refractivity contribution in [2.45, 2.75) is 26.3 Å². The molecule has 0 spiro atoms. The Morgan fingerprint density at radius 3 is 2.27 bits per heavy atom. The molecule has 1 aliphatic rings. The van der Waals surface area contributed by atoms with Crippen LogP contribution < -0.4 is 19.1 Å². The third-order valence-corrected chi connectivity index (χ3v) is 6.46. The van der Waals surface area contributed by atoms with Gasteiger partial charge >= 0.3 is 5.97 Å². The van der Waals surface area contributed by atoms with Crippen LogP contribution in [0.15, 0.2) is 72.3 Å². The van der Waals surface area contributed by atoms with Crippen LogP contribution in [-0.2, 0) is 25.5 Å². The minimum Gasteiger partial charge on any atom is -0.507 e. The molecule has 1 heterocycles. The number of Topliss-reactive ketones (excluding diaryl/α,β-unsaturated/α-hetero) is 1. The van der Waals surface area contributed by atoms with Gasteiger partial charge in [-0.2, -0.15) is 0 Å². The number of methoxy groups -OCH3 is 2. The Hall–Kier alpha value is -4.79. The lowest BCUT2D eigenvalue weighted by atomic mass is 9.94. The van der Waals surface area contributed by atoms with E-state index in [2.05, 4.69) is 0 Å². The summed E-state index contributed by atoms with van der Waals surface area (Å²) in [6.07, 6.45) is 0.0624. The van der Waals surface area contributed by atoms with Gasteiger partial charge in [0, 0.05) is 11.8 Å². The molecule has 9 heteroatoms. The van der Waals surface area contributed by atoms with Crippen molar-refractivity contribution in [3.8, 4) is 17.2 Å². The number of rotatable bonds is 10. The highest BCUT2D eigenvalue weighted by atomic mass is 16.5. The number of aliphatic hydroxyl groups excluding tert-OH is 1. The summed E-state index contributed by atoms with van der Waals surface area (Å²) in [4.78, 5) is 40.1. The van der Waals surface area contributed by atoms with E-state index in [-0.39, 0.29) is 23.3 Å². The maximum absolute atomic E-state index is 13.6. The van der Waals surface area contributed by atoms with Gasteiger partial charge in [0.05, 0.1) is 51.0 Å². The van der Waals surface area contributed by atoms with Gasteiger partial charge in [-0.05, 0) is 61.4 Å². The summed E-state index contributed by atoms with van der Waals surface area (Å²) in [6.45, 7) is 4.40. The highest BCUT2D eigenvalue weighted by molar-refractivity contribution is 6.51. The topological polar surface area (TPSA) is 112 Å². The predicted octanol–water partition coefficient (Wildman–Crippen LogP) is 4.83. The van der Waals surface area contributed by atoms with Gasteiger partial charge < -0.3 is 24.1 Å². The van der Waals surface area contributed by atoms with Gasteiger partial charge in [0.25, 0.3) is 11.7 Å². The van der Waals surface area contributed by atoms with Crippen molar-refractivity contribution in [3.05, 3.63) is 89.0 Å². The monoisotopic (exact) mass is 545 g/mol. The number of amides is 1. The van der Waals surface area contributed by atoms with Crippen molar-refractivity contribution in [3.63, 3.8) is 0 Å². The molecule has 3 aromatic rings. The summed E-state index contributed by atoms with van der Waals surface area (Å²) >= 11 is 0. The molecule has 9 nitrogen and oxygen atoms in total. The normalized spacial score (nSPS) is 16.1. The van der Waals surface area contributed by atoms with E-state index in [4.69, 9.17) is 18.9 Å². The molecule has 0 bridgehead atoms. The molecule has 0 radical (unpaired) electrons. The first kappa shape index (κ1) is 28.2. The lowest BCUT2D eigenvalue weighted by Crippen LogP contribution is -2.29. The zero-order valence-electron chi connectivity index (χ0n) is 22.8. The molecule has 1 atom stereocenters. The molecule has 3 aromatic carbocycles. The number of hydrogen-bond acceptors (Lipinski definition) is 8. The third-order valence-electron chi connectivity index (χ3n) is 6.46. The number of carbonyl (C=O) groups is 3. The third kappa shape index (κ3) is 5.63. The number of nitrogens with zero attached hydrogens (tertiary/aromatic N) is 1. The minimum atomic E-state index is -0.970. The number of ether oxygens (including phenoxy) is 4. The number of esters is 1. The molecule has 4 rings (SSSR count). The zero-order chi connectivity index (χ0) is 28.8. The summed E-state index contributed by atoms with van der Waals surface area (Å²) in [5.41, 5.74) is 1.81. The van der Waals surface area contributed by atoms with Crippen molar-refractivity contribution in [1.29, 1.82) is 0 Å². The molecule has 208 valence electrons. The van der Waals surface area contributed by atoms with Gasteiger partial charge in [0.1, 0.15) is 23.0 Å². The number of benzene rings is 3. The average molecular weight is 546 g/mol. The molecule has 0 aliphatic carbocycles. The first-order chi connectivity index (χ1) is 19.3. The predicted molar refractivity (Wildman–Crippen MR) is 149 cm³/mol. The molecule has 1 amide bonds. The molecule has 0 saturated carbocycles. The van der Waals surface area contributed by atoms with Crippen molar-refractivity contribution < 1.29 is 38.4 Å². The van der Waals surface area contributed by atoms with E-state index in [1.54, 1.807) is 73.7 Å². The smallest absolute Gasteiger partial charge is 0.309 e. The highest BCUT2D eigenvalue weighted by Crippen LogP contribution is 2.44. The molecule has 1 aliphatic heterocycles. The molecule has 1 N–H and O–H groups in total. The van der Waals surface area contributed by atoms with Crippen molar-refractivity contribution in [2.75, 3.05) is 32.3 Å². The first-order valence-electron chi connectivity index (χ1n) is 12.8.